The number of nitrogens with zero attached hydrogens (tertiary/aromatic N) is 2. The summed E-state index contributed by atoms with van der Waals surface area (Å²) in [6, 6.07) is 1.51. The number of rotatable bonds is 8. The first kappa shape index (κ1) is 37.5. The molecule has 3 N–H and O–H groups in total. The minimum Gasteiger partial charge on any atom is -0.481 e. The highest BCUT2D eigenvalue weighted by Crippen LogP contribution is 2.76. The SMILES string of the molecule is CC(C)C1=C2C3CCC4C5(C)CC[C@H](OC(=O)CC(C)(C)C(=O)O)C(C)(C)C5CC[C@@]4(C)[C@]3(C)CC[C@@]2(NC(=O)NCc2ccncn2)CC1=O. The van der Waals surface area contributed by atoms with Crippen molar-refractivity contribution in [2.24, 2.45) is 50.7 Å². The number of aromatic nitrogens is 2. The molecule has 1 aromatic heterocycles. The number of Topliss-reactive ketones (excluding diaryl/α,β-unsaturated/α-hetero) is 1. The molecule has 280 valence electrons. The van der Waals surface area contributed by atoms with Crippen molar-refractivity contribution in [3.63, 3.8) is 0 Å². The van der Waals surface area contributed by atoms with Crippen molar-refractivity contribution in [1.29, 1.82) is 0 Å². The van der Waals surface area contributed by atoms with Crippen molar-refractivity contribution < 1.29 is 29.0 Å². The van der Waals surface area contributed by atoms with Gasteiger partial charge in [0.05, 0.1) is 29.6 Å². The summed E-state index contributed by atoms with van der Waals surface area (Å²) in [4.78, 5) is 60.4. The number of ketones is 1. The molecule has 10 nitrogen and oxygen atoms in total. The Balaban J connectivity index is 1.26. The predicted octanol–water partition coefficient (Wildman–Crippen LogP) is 7.42. The van der Waals surface area contributed by atoms with Gasteiger partial charge in [0, 0.05) is 18.0 Å². The summed E-state index contributed by atoms with van der Waals surface area (Å²) in [5, 5.41) is 16.0. The summed E-state index contributed by atoms with van der Waals surface area (Å²) in [6.07, 6.45) is 10.5. The van der Waals surface area contributed by atoms with Crippen LogP contribution in [0.15, 0.2) is 29.7 Å². The van der Waals surface area contributed by atoms with Crippen LogP contribution in [0.4, 0.5) is 4.79 Å². The monoisotopic (exact) mass is 704 g/mol. The third-order valence-corrected chi connectivity index (χ3v) is 15.2. The van der Waals surface area contributed by atoms with E-state index in [0.717, 1.165) is 62.6 Å². The number of urea groups is 1. The molecule has 6 rings (SSSR count). The number of esters is 1. The van der Waals surface area contributed by atoms with E-state index in [2.05, 4.69) is 69.1 Å². The Kier molecular flexibility index (Phi) is 9.31. The van der Waals surface area contributed by atoms with E-state index in [9.17, 15) is 24.3 Å². The summed E-state index contributed by atoms with van der Waals surface area (Å²) >= 11 is 0. The van der Waals surface area contributed by atoms with Crippen molar-refractivity contribution in [2.45, 2.75) is 145 Å². The van der Waals surface area contributed by atoms with E-state index in [1.807, 2.05) is 0 Å². The number of aliphatic carboxylic acids is 1. The highest BCUT2D eigenvalue weighted by Gasteiger charge is 2.70. The first-order valence-electron chi connectivity index (χ1n) is 19.2. The van der Waals surface area contributed by atoms with Crippen LogP contribution in [0.2, 0.25) is 0 Å². The number of fused-ring (bicyclic) bond motifs is 7. The van der Waals surface area contributed by atoms with Crippen molar-refractivity contribution in [3.05, 3.63) is 35.4 Å². The number of nitrogens with one attached hydrogen (secondary N) is 2. The molecule has 2 amide bonds. The van der Waals surface area contributed by atoms with Crippen LogP contribution >= 0.6 is 0 Å². The molecule has 1 heterocycles. The van der Waals surface area contributed by atoms with Gasteiger partial charge < -0.3 is 20.5 Å². The molecule has 0 bridgehead atoms. The van der Waals surface area contributed by atoms with Gasteiger partial charge in [0.25, 0.3) is 0 Å². The largest absolute Gasteiger partial charge is 0.481 e. The van der Waals surface area contributed by atoms with Crippen LogP contribution in [0.5, 0.6) is 0 Å². The van der Waals surface area contributed by atoms with Gasteiger partial charge in [-0.2, -0.15) is 0 Å². The van der Waals surface area contributed by atoms with Gasteiger partial charge in [-0.15, -0.1) is 0 Å². The number of ether oxygens (including phenoxy) is 1. The number of allylic oxidation sites excluding steroid dienone is 1. The van der Waals surface area contributed by atoms with E-state index in [1.165, 1.54) is 11.9 Å². The second-order valence-electron chi connectivity index (χ2n) is 19.0. The lowest BCUT2D eigenvalue weighted by Gasteiger charge is -2.72. The molecular formula is C41H60N4O6. The highest BCUT2D eigenvalue weighted by molar-refractivity contribution is 6.02. The quantitative estimate of drug-likeness (QED) is 0.237. The average molecular weight is 705 g/mol. The molecule has 4 unspecified atom stereocenters. The fraction of sp³-hybridized carbons (Fsp3) is 0.756. The number of carboxylic acid groups (broad SMARTS) is 1. The molecule has 1 aromatic rings. The molecule has 4 fully saturated rings. The lowest BCUT2D eigenvalue weighted by atomic mass is 9.33. The van der Waals surface area contributed by atoms with Gasteiger partial charge in [-0.3, -0.25) is 14.4 Å². The zero-order valence-corrected chi connectivity index (χ0v) is 32.3. The van der Waals surface area contributed by atoms with Gasteiger partial charge in [0.2, 0.25) is 0 Å². The summed E-state index contributed by atoms with van der Waals surface area (Å²) in [5.74, 6) is -0.179. The number of carboxylic acids is 1. The molecule has 10 heteroatoms. The Hall–Kier alpha value is -3.30. The number of hydrogen-bond donors (Lipinski definition) is 3. The van der Waals surface area contributed by atoms with Crippen LogP contribution in [0.3, 0.4) is 0 Å². The van der Waals surface area contributed by atoms with Crippen LogP contribution in [0.1, 0.15) is 132 Å². The minimum absolute atomic E-state index is 0.0223. The first-order valence-corrected chi connectivity index (χ1v) is 19.2. The lowest BCUT2D eigenvalue weighted by Crippen LogP contribution is -2.67. The maximum Gasteiger partial charge on any atom is 0.315 e. The number of carbonyl (C=O) groups excluding carboxylic acids is 3. The van der Waals surface area contributed by atoms with E-state index in [4.69, 9.17) is 4.74 Å². The van der Waals surface area contributed by atoms with Gasteiger partial charge in [0.15, 0.2) is 5.78 Å². The van der Waals surface area contributed by atoms with Crippen LogP contribution in [0.25, 0.3) is 0 Å². The summed E-state index contributed by atoms with van der Waals surface area (Å²) < 4.78 is 6.14. The molecule has 0 saturated heterocycles. The molecule has 4 saturated carbocycles. The summed E-state index contributed by atoms with van der Waals surface area (Å²) in [7, 11) is 0. The Morgan fingerprint density at radius 2 is 1.71 bits per heavy atom. The third-order valence-electron chi connectivity index (χ3n) is 15.2. The van der Waals surface area contributed by atoms with Gasteiger partial charge in [-0.05, 0) is 122 Å². The fourth-order valence-electron chi connectivity index (χ4n) is 12.4. The Labute approximate surface area is 303 Å². The maximum absolute atomic E-state index is 13.9. The van der Waals surface area contributed by atoms with Crippen molar-refractivity contribution in [3.8, 4) is 0 Å². The standard InChI is InChI=1S/C41H60N4O6/c1-24(2)32-27(46)20-41(45-35(50)43-22-25-14-19-42-23-44-25)18-17-39(8)26(33(32)41)10-11-29-38(7)15-13-30(51-31(47)21-36(3,4)34(48)49)37(5,6)28(38)12-16-40(29,39)9/h14,19,23-24,26,28-30H,10-13,15-18,20-22H2,1-9H3,(H,48,49)(H2,43,45,50)/t26?,28?,29?,30-,38?,39+,40+,41+/m0/s1. The Bertz CT molecular complexity index is 1620. The van der Waals surface area contributed by atoms with Gasteiger partial charge in [-0.25, -0.2) is 14.8 Å². The van der Waals surface area contributed by atoms with Crippen LogP contribution in [-0.4, -0.2) is 50.5 Å². The average Bonchev–Trinajstić information content (AvgIpc) is 3.33. The minimum atomic E-state index is -1.17. The van der Waals surface area contributed by atoms with E-state index < -0.39 is 22.9 Å². The van der Waals surface area contributed by atoms with Crippen LogP contribution < -0.4 is 10.6 Å². The van der Waals surface area contributed by atoms with Gasteiger partial charge >= 0.3 is 18.0 Å². The topological polar surface area (TPSA) is 148 Å². The van der Waals surface area contributed by atoms with Crippen molar-refractivity contribution in [1.82, 2.24) is 20.6 Å². The Morgan fingerprint density at radius 3 is 2.35 bits per heavy atom. The zero-order chi connectivity index (χ0) is 37.4. The molecule has 8 atom stereocenters. The van der Waals surface area contributed by atoms with Crippen LogP contribution in [-0.2, 0) is 25.7 Å². The molecule has 0 aliphatic heterocycles. The van der Waals surface area contributed by atoms with Crippen molar-refractivity contribution >= 4 is 23.8 Å². The third kappa shape index (κ3) is 5.91. The molecule has 5 aliphatic rings. The van der Waals surface area contributed by atoms with E-state index in [1.54, 1.807) is 26.1 Å². The van der Waals surface area contributed by atoms with Gasteiger partial charge in [0.1, 0.15) is 12.4 Å². The van der Waals surface area contributed by atoms with Crippen LogP contribution in [0, 0.1) is 50.7 Å². The smallest absolute Gasteiger partial charge is 0.315 e. The van der Waals surface area contributed by atoms with Crippen molar-refractivity contribution in [2.75, 3.05) is 0 Å². The summed E-state index contributed by atoms with van der Waals surface area (Å²) in [5.41, 5.74) is 0.750. The number of amides is 2. The van der Waals surface area contributed by atoms with E-state index >= 15 is 0 Å². The number of hydrogen-bond acceptors (Lipinski definition) is 7. The maximum atomic E-state index is 13.9. The molecular weight excluding hydrogens is 644 g/mol. The normalized spacial score (nSPS) is 37.1. The van der Waals surface area contributed by atoms with Gasteiger partial charge in [-0.1, -0.05) is 48.5 Å². The molecule has 0 aromatic carbocycles. The highest BCUT2D eigenvalue weighted by atomic mass is 16.5. The zero-order valence-electron chi connectivity index (χ0n) is 32.3. The summed E-state index contributed by atoms with van der Waals surface area (Å²) in [6.45, 7) is 19.7. The molecule has 0 radical (unpaired) electrons. The molecule has 5 aliphatic carbocycles. The second-order valence-corrected chi connectivity index (χ2v) is 19.0. The van der Waals surface area contributed by atoms with E-state index in [0.29, 0.717) is 18.3 Å². The van der Waals surface area contributed by atoms with E-state index in [-0.39, 0.29) is 64.4 Å². The Morgan fingerprint density at radius 1 is 0.980 bits per heavy atom. The predicted molar refractivity (Wildman–Crippen MR) is 193 cm³/mol. The molecule has 51 heavy (non-hydrogen) atoms. The number of carbonyl (C=O) groups is 4. The second kappa shape index (κ2) is 12.7. The fourth-order valence-corrected chi connectivity index (χ4v) is 12.4. The molecule has 0 spiro atoms. The first-order chi connectivity index (χ1) is 23.7. The lowest BCUT2D eigenvalue weighted by molar-refractivity contribution is -0.232.